The molecule has 1 atom stereocenters. The smallest absolute Gasteiger partial charge is 0.376 e. The summed E-state index contributed by atoms with van der Waals surface area (Å²) in [5.41, 5.74) is -1.35. The highest BCUT2D eigenvalue weighted by Gasteiger charge is 2.34. The first-order valence-corrected chi connectivity index (χ1v) is 11.9. The first kappa shape index (κ1) is 26.8. The Morgan fingerprint density at radius 1 is 1.00 bits per heavy atom. The van der Waals surface area contributed by atoms with Crippen molar-refractivity contribution < 1.29 is 31.1 Å². The number of anilines is 2. The van der Waals surface area contributed by atoms with Crippen molar-refractivity contribution >= 4 is 22.4 Å². The van der Waals surface area contributed by atoms with E-state index >= 15 is 0 Å². The summed E-state index contributed by atoms with van der Waals surface area (Å²) in [6, 6.07) is 8.78. The predicted molar refractivity (Wildman–Crippen MR) is 131 cm³/mol. The van der Waals surface area contributed by atoms with Crippen LogP contribution in [0.1, 0.15) is 24.0 Å². The maximum Gasteiger partial charge on any atom is 0.433 e. The number of halogens is 6. The van der Waals surface area contributed by atoms with Crippen molar-refractivity contribution in [2.24, 2.45) is 0 Å². The van der Waals surface area contributed by atoms with Gasteiger partial charge in [-0.2, -0.15) is 26.3 Å². The summed E-state index contributed by atoms with van der Waals surface area (Å²) in [5, 5.41) is 3.45. The van der Waals surface area contributed by atoms with Crippen molar-refractivity contribution in [1.29, 1.82) is 0 Å². The SMILES string of the molecule is C[C@H]1CN(Cc2nc(Nc3ccc(C(F)(F)F)nc3)c3ccc(-c4ncccc4C(F)(F)F)cc3n2)CCO1. The fourth-order valence-corrected chi connectivity index (χ4v) is 4.36. The summed E-state index contributed by atoms with van der Waals surface area (Å²) >= 11 is 0. The van der Waals surface area contributed by atoms with Gasteiger partial charge >= 0.3 is 12.4 Å². The minimum absolute atomic E-state index is 0.00608. The zero-order chi connectivity index (χ0) is 27.8. The molecular weight excluding hydrogens is 526 g/mol. The number of alkyl halides is 6. The van der Waals surface area contributed by atoms with Crippen LogP contribution in [-0.2, 0) is 23.6 Å². The van der Waals surface area contributed by atoms with E-state index in [0.717, 1.165) is 18.3 Å². The van der Waals surface area contributed by atoms with Crippen LogP contribution in [0.3, 0.4) is 0 Å². The van der Waals surface area contributed by atoms with E-state index in [0.29, 0.717) is 43.0 Å². The van der Waals surface area contributed by atoms with E-state index in [9.17, 15) is 26.3 Å². The highest BCUT2D eigenvalue weighted by molar-refractivity contribution is 5.93. The summed E-state index contributed by atoms with van der Waals surface area (Å²) in [6.07, 6.45) is -6.86. The van der Waals surface area contributed by atoms with Crippen molar-refractivity contribution in [3.63, 3.8) is 0 Å². The van der Waals surface area contributed by atoms with Crippen LogP contribution in [-0.4, -0.2) is 50.6 Å². The standard InChI is InChI=1S/C26H22F6N6O/c1-15-13-38(9-10-39-15)14-22-36-20-11-16(23-19(25(27,28)29)3-2-8-33-23)4-6-18(20)24(37-22)35-17-5-7-21(34-12-17)26(30,31)32/h2-8,11-12,15H,9-10,13-14H2,1H3,(H,35,36,37)/t15-/m0/s1. The molecule has 4 heterocycles. The molecule has 5 rings (SSSR count). The van der Waals surface area contributed by atoms with Crippen LogP contribution in [0.15, 0.2) is 54.9 Å². The predicted octanol–water partition coefficient (Wildman–Crippen LogP) is 6.09. The molecule has 204 valence electrons. The van der Waals surface area contributed by atoms with Gasteiger partial charge in [0, 0.05) is 30.2 Å². The molecule has 1 aliphatic heterocycles. The average molecular weight is 548 g/mol. The summed E-state index contributed by atoms with van der Waals surface area (Å²) in [7, 11) is 0. The lowest BCUT2D eigenvalue weighted by Crippen LogP contribution is -2.40. The third-order valence-corrected chi connectivity index (χ3v) is 6.14. The number of nitrogens with zero attached hydrogens (tertiary/aromatic N) is 5. The molecular formula is C26H22F6N6O. The fourth-order valence-electron chi connectivity index (χ4n) is 4.36. The number of nitrogens with one attached hydrogen (secondary N) is 1. The Labute approximate surface area is 218 Å². The molecule has 4 aromatic rings. The van der Waals surface area contributed by atoms with E-state index in [1.54, 1.807) is 6.07 Å². The summed E-state index contributed by atoms with van der Waals surface area (Å²) in [4.78, 5) is 18.7. The number of ether oxygens (including phenoxy) is 1. The molecule has 0 unspecified atom stereocenters. The molecule has 0 amide bonds. The maximum atomic E-state index is 13.6. The molecule has 1 aromatic carbocycles. The van der Waals surface area contributed by atoms with Crippen LogP contribution in [0.5, 0.6) is 0 Å². The van der Waals surface area contributed by atoms with Gasteiger partial charge < -0.3 is 10.1 Å². The zero-order valence-electron chi connectivity index (χ0n) is 20.5. The molecule has 7 nitrogen and oxygen atoms in total. The molecule has 1 N–H and O–H groups in total. The second-order valence-electron chi connectivity index (χ2n) is 9.09. The monoisotopic (exact) mass is 548 g/mol. The Hall–Kier alpha value is -3.84. The molecule has 39 heavy (non-hydrogen) atoms. The number of benzene rings is 1. The van der Waals surface area contributed by atoms with Gasteiger partial charge in [-0.3, -0.25) is 9.88 Å². The van der Waals surface area contributed by atoms with E-state index in [4.69, 9.17) is 4.74 Å². The topological polar surface area (TPSA) is 76.1 Å². The molecule has 3 aromatic heterocycles. The lowest BCUT2D eigenvalue weighted by Gasteiger charge is -2.30. The first-order valence-electron chi connectivity index (χ1n) is 11.9. The van der Waals surface area contributed by atoms with Gasteiger partial charge in [0.15, 0.2) is 0 Å². The lowest BCUT2D eigenvalue weighted by atomic mass is 10.0. The summed E-state index contributed by atoms with van der Waals surface area (Å²) in [6.45, 7) is 4.08. The van der Waals surface area contributed by atoms with Crippen LogP contribution >= 0.6 is 0 Å². The molecule has 1 fully saturated rings. The van der Waals surface area contributed by atoms with E-state index in [2.05, 4.69) is 30.2 Å². The number of pyridine rings is 2. The Kier molecular flexibility index (Phi) is 7.12. The zero-order valence-corrected chi connectivity index (χ0v) is 20.5. The second kappa shape index (κ2) is 10.4. The lowest BCUT2D eigenvalue weighted by molar-refractivity contribution is -0.141. The fraction of sp³-hybridized carbons (Fsp3) is 0.308. The van der Waals surface area contributed by atoms with Crippen molar-refractivity contribution in [2.75, 3.05) is 25.0 Å². The van der Waals surface area contributed by atoms with Crippen LogP contribution in [0.4, 0.5) is 37.8 Å². The van der Waals surface area contributed by atoms with Gasteiger partial charge in [-0.25, -0.2) is 15.0 Å². The number of aromatic nitrogens is 4. The third-order valence-electron chi connectivity index (χ3n) is 6.14. The van der Waals surface area contributed by atoms with Gasteiger partial charge in [0.1, 0.15) is 17.3 Å². The molecule has 13 heteroatoms. The van der Waals surface area contributed by atoms with Gasteiger partial charge in [0.2, 0.25) is 0 Å². The average Bonchev–Trinajstić information content (AvgIpc) is 2.88. The van der Waals surface area contributed by atoms with E-state index in [1.807, 2.05) is 6.92 Å². The van der Waals surface area contributed by atoms with Crippen molar-refractivity contribution in [1.82, 2.24) is 24.8 Å². The van der Waals surface area contributed by atoms with Gasteiger partial charge in [-0.1, -0.05) is 6.07 Å². The van der Waals surface area contributed by atoms with Gasteiger partial charge in [-0.05, 0) is 43.3 Å². The number of hydrogen-bond acceptors (Lipinski definition) is 7. The second-order valence-corrected chi connectivity index (χ2v) is 9.09. The van der Waals surface area contributed by atoms with Gasteiger partial charge in [0.05, 0.1) is 47.9 Å². The molecule has 0 saturated carbocycles. The Balaban J connectivity index is 1.57. The summed E-state index contributed by atoms with van der Waals surface area (Å²) in [5.74, 6) is 0.662. The first-order chi connectivity index (χ1) is 18.5. The molecule has 0 aliphatic carbocycles. The Morgan fingerprint density at radius 3 is 2.51 bits per heavy atom. The molecule has 1 saturated heterocycles. The Morgan fingerprint density at radius 2 is 1.82 bits per heavy atom. The van der Waals surface area contributed by atoms with Gasteiger partial charge in [0.25, 0.3) is 0 Å². The van der Waals surface area contributed by atoms with Gasteiger partial charge in [-0.15, -0.1) is 0 Å². The molecule has 1 aliphatic rings. The number of morpholine rings is 1. The number of hydrogen-bond donors (Lipinski definition) is 1. The van der Waals surface area contributed by atoms with Crippen molar-refractivity contribution in [3.8, 4) is 11.3 Å². The largest absolute Gasteiger partial charge is 0.433 e. The minimum Gasteiger partial charge on any atom is -0.376 e. The molecule has 0 spiro atoms. The summed E-state index contributed by atoms with van der Waals surface area (Å²) < 4.78 is 85.3. The van der Waals surface area contributed by atoms with Crippen LogP contribution in [0.2, 0.25) is 0 Å². The quantitative estimate of drug-likeness (QED) is 0.303. The highest BCUT2D eigenvalue weighted by Crippen LogP contribution is 2.37. The molecule has 0 radical (unpaired) electrons. The van der Waals surface area contributed by atoms with Crippen LogP contribution in [0, 0.1) is 0 Å². The third kappa shape index (κ3) is 6.09. The van der Waals surface area contributed by atoms with E-state index < -0.39 is 23.6 Å². The van der Waals surface area contributed by atoms with Crippen molar-refractivity contribution in [2.45, 2.75) is 31.9 Å². The van der Waals surface area contributed by atoms with Crippen LogP contribution < -0.4 is 5.32 Å². The Bertz CT molecular complexity index is 1480. The normalized spacial score (nSPS) is 16.9. The molecule has 0 bridgehead atoms. The van der Waals surface area contributed by atoms with Crippen LogP contribution in [0.25, 0.3) is 22.2 Å². The number of rotatable bonds is 5. The maximum absolute atomic E-state index is 13.6. The highest BCUT2D eigenvalue weighted by atomic mass is 19.4. The van der Waals surface area contributed by atoms with E-state index in [-0.39, 0.29) is 28.9 Å². The number of fused-ring (bicyclic) bond motifs is 1. The minimum atomic E-state index is -4.61. The van der Waals surface area contributed by atoms with E-state index in [1.165, 1.54) is 30.5 Å². The van der Waals surface area contributed by atoms with Crippen molar-refractivity contribution in [3.05, 3.63) is 71.9 Å².